The van der Waals surface area contributed by atoms with Crippen LogP contribution in [0, 0.1) is 17.5 Å². The Morgan fingerprint density at radius 3 is 2.63 bits per heavy atom. The average molecular weight is 378 g/mol. The van der Waals surface area contributed by atoms with Gasteiger partial charge in [0.2, 0.25) is 0 Å². The maximum absolute atomic E-state index is 13.4. The molecular weight excluding hydrogens is 357 g/mol. The monoisotopic (exact) mass is 378 g/mol. The van der Waals surface area contributed by atoms with Gasteiger partial charge in [-0.25, -0.2) is 13.2 Å². The molecule has 0 saturated carbocycles. The summed E-state index contributed by atoms with van der Waals surface area (Å²) in [4.78, 5) is 14.2. The van der Waals surface area contributed by atoms with Crippen molar-refractivity contribution in [1.29, 1.82) is 0 Å². The minimum absolute atomic E-state index is 0.0244. The summed E-state index contributed by atoms with van der Waals surface area (Å²) in [5, 5.41) is 13.8. The molecular formula is C20H21F3N2O2. The highest BCUT2D eigenvalue weighted by molar-refractivity contribution is 5.86. The minimum atomic E-state index is -1.58. The molecule has 0 spiro atoms. The molecule has 0 aromatic heterocycles. The fourth-order valence-electron chi connectivity index (χ4n) is 3.30. The summed E-state index contributed by atoms with van der Waals surface area (Å²) in [5.74, 6) is -2.71. The van der Waals surface area contributed by atoms with Crippen LogP contribution in [0.1, 0.15) is 24.0 Å². The van der Waals surface area contributed by atoms with Gasteiger partial charge in [-0.3, -0.25) is 4.79 Å². The van der Waals surface area contributed by atoms with Gasteiger partial charge in [0, 0.05) is 26.2 Å². The molecule has 144 valence electrons. The second-order valence-corrected chi connectivity index (χ2v) is 6.84. The number of amides is 1. The molecule has 0 radical (unpaired) electrons. The van der Waals surface area contributed by atoms with Crippen molar-refractivity contribution in [3.8, 4) is 0 Å². The lowest BCUT2D eigenvalue weighted by molar-refractivity contribution is -0.157. The van der Waals surface area contributed by atoms with Crippen molar-refractivity contribution in [2.75, 3.05) is 13.1 Å². The number of benzene rings is 2. The van der Waals surface area contributed by atoms with E-state index >= 15 is 0 Å². The summed E-state index contributed by atoms with van der Waals surface area (Å²) < 4.78 is 39.6. The number of carbonyl (C=O) groups excluding carboxylic acids is 1. The van der Waals surface area contributed by atoms with E-state index in [9.17, 15) is 23.1 Å². The predicted octanol–water partition coefficient (Wildman–Crippen LogP) is 2.75. The number of nitrogens with one attached hydrogen (secondary N) is 1. The molecule has 7 heteroatoms. The van der Waals surface area contributed by atoms with Gasteiger partial charge >= 0.3 is 0 Å². The smallest absolute Gasteiger partial charge is 0.256 e. The Labute approximate surface area is 155 Å². The largest absolute Gasteiger partial charge is 0.379 e. The van der Waals surface area contributed by atoms with Crippen molar-refractivity contribution >= 4 is 5.91 Å². The van der Waals surface area contributed by atoms with Crippen LogP contribution in [0.5, 0.6) is 0 Å². The highest BCUT2D eigenvalue weighted by Crippen LogP contribution is 2.24. The van der Waals surface area contributed by atoms with E-state index < -0.39 is 23.1 Å². The van der Waals surface area contributed by atoms with Gasteiger partial charge in [0.1, 0.15) is 5.82 Å². The zero-order chi connectivity index (χ0) is 19.4. The maximum atomic E-state index is 13.4. The maximum Gasteiger partial charge on any atom is 0.256 e. The lowest BCUT2D eigenvalue weighted by Gasteiger charge is -2.38. The number of piperidine rings is 1. The Morgan fingerprint density at radius 1 is 1.07 bits per heavy atom. The highest BCUT2D eigenvalue weighted by Gasteiger charge is 2.41. The predicted molar refractivity (Wildman–Crippen MR) is 94.1 cm³/mol. The second kappa shape index (κ2) is 8.10. The number of rotatable bonds is 6. The molecule has 0 bridgehead atoms. The molecule has 1 fully saturated rings. The third kappa shape index (κ3) is 4.67. The molecule has 27 heavy (non-hydrogen) atoms. The molecule has 1 atom stereocenters. The highest BCUT2D eigenvalue weighted by atomic mass is 19.2. The quantitative estimate of drug-likeness (QED) is 0.813. The van der Waals surface area contributed by atoms with Crippen molar-refractivity contribution in [3.63, 3.8) is 0 Å². The van der Waals surface area contributed by atoms with Crippen molar-refractivity contribution in [3.05, 3.63) is 71.0 Å². The van der Waals surface area contributed by atoms with Crippen molar-refractivity contribution in [2.45, 2.75) is 31.5 Å². The van der Waals surface area contributed by atoms with Crippen molar-refractivity contribution in [1.82, 2.24) is 10.2 Å². The van der Waals surface area contributed by atoms with Crippen LogP contribution < -0.4 is 5.32 Å². The zero-order valence-corrected chi connectivity index (χ0v) is 14.7. The van der Waals surface area contributed by atoms with Crippen LogP contribution >= 0.6 is 0 Å². The molecule has 2 aromatic rings. The Hall–Kier alpha value is -2.38. The van der Waals surface area contributed by atoms with Crippen LogP contribution in [0.4, 0.5) is 13.2 Å². The van der Waals surface area contributed by atoms with Crippen LogP contribution in [-0.2, 0) is 17.9 Å². The van der Waals surface area contributed by atoms with Crippen molar-refractivity contribution < 1.29 is 23.1 Å². The van der Waals surface area contributed by atoms with E-state index in [0.717, 1.165) is 12.1 Å². The van der Waals surface area contributed by atoms with Gasteiger partial charge in [-0.2, -0.15) is 0 Å². The summed E-state index contributed by atoms with van der Waals surface area (Å²) in [5.41, 5.74) is -0.413. The Balaban J connectivity index is 1.61. The first-order valence-electron chi connectivity index (χ1n) is 8.78. The van der Waals surface area contributed by atoms with Gasteiger partial charge in [0.25, 0.3) is 5.91 Å². The fraction of sp³-hybridized carbons (Fsp3) is 0.350. The van der Waals surface area contributed by atoms with Crippen LogP contribution in [0.3, 0.4) is 0 Å². The Kier molecular flexibility index (Phi) is 5.82. The van der Waals surface area contributed by atoms with Gasteiger partial charge in [-0.15, -0.1) is 0 Å². The summed E-state index contributed by atoms with van der Waals surface area (Å²) >= 11 is 0. The molecule has 1 heterocycles. The first-order valence-corrected chi connectivity index (χ1v) is 8.78. The van der Waals surface area contributed by atoms with Crippen LogP contribution in [0.2, 0.25) is 0 Å². The summed E-state index contributed by atoms with van der Waals surface area (Å²) in [6.07, 6.45) is 0.893. The van der Waals surface area contributed by atoms with E-state index in [1.807, 2.05) is 0 Å². The van der Waals surface area contributed by atoms with Crippen LogP contribution in [0.15, 0.2) is 42.5 Å². The fourth-order valence-corrected chi connectivity index (χ4v) is 3.30. The molecule has 1 aliphatic heterocycles. The number of halogens is 3. The van der Waals surface area contributed by atoms with Gasteiger partial charge in [0.15, 0.2) is 17.2 Å². The van der Waals surface area contributed by atoms with Crippen LogP contribution in [-0.4, -0.2) is 34.6 Å². The number of likely N-dealkylation sites (tertiary alicyclic amines) is 1. The minimum Gasteiger partial charge on any atom is -0.379 e. The Bertz CT molecular complexity index is 831. The molecule has 2 aromatic carbocycles. The summed E-state index contributed by atoms with van der Waals surface area (Å²) in [6, 6.07) is 9.56. The first kappa shape index (κ1) is 19.4. The number of carbonyl (C=O) groups is 1. The molecule has 0 aliphatic carbocycles. The second-order valence-electron chi connectivity index (χ2n) is 6.84. The van der Waals surface area contributed by atoms with E-state index in [-0.39, 0.29) is 18.9 Å². The topological polar surface area (TPSA) is 52.6 Å². The van der Waals surface area contributed by atoms with E-state index in [4.69, 9.17) is 0 Å². The normalized spacial score (nSPS) is 20.1. The van der Waals surface area contributed by atoms with Gasteiger partial charge in [-0.1, -0.05) is 18.2 Å². The molecule has 1 saturated heterocycles. The average Bonchev–Trinajstić information content (AvgIpc) is 2.62. The first-order chi connectivity index (χ1) is 12.9. The van der Waals surface area contributed by atoms with Crippen LogP contribution in [0.25, 0.3) is 0 Å². The number of hydrogen-bond acceptors (Lipinski definition) is 3. The van der Waals surface area contributed by atoms with E-state index in [2.05, 4.69) is 5.32 Å². The third-order valence-corrected chi connectivity index (χ3v) is 4.70. The Morgan fingerprint density at radius 2 is 1.89 bits per heavy atom. The van der Waals surface area contributed by atoms with E-state index in [1.54, 1.807) is 12.1 Å². The third-order valence-electron chi connectivity index (χ3n) is 4.70. The van der Waals surface area contributed by atoms with Gasteiger partial charge < -0.3 is 15.3 Å². The van der Waals surface area contributed by atoms with Gasteiger partial charge in [-0.05, 0) is 48.2 Å². The zero-order valence-electron chi connectivity index (χ0n) is 14.7. The molecule has 4 nitrogen and oxygen atoms in total. The molecule has 1 unspecified atom stereocenters. The van der Waals surface area contributed by atoms with E-state index in [0.29, 0.717) is 37.1 Å². The lowest BCUT2D eigenvalue weighted by atomic mass is 9.91. The standard InChI is InChI=1S/C20H21F3N2O2/c21-16-4-1-3-14(9-16)11-24-13-20(27)7-2-8-25(19(20)26)12-15-5-6-17(22)18(23)10-15/h1,3-6,9-10,24,27H,2,7-8,11-13H2. The van der Waals surface area contributed by atoms with Crippen molar-refractivity contribution in [2.24, 2.45) is 0 Å². The summed E-state index contributed by atoms with van der Waals surface area (Å²) in [7, 11) is 0. The molecule has 2 N–H and O–H groups in total. The van der Waals surface area contributed by atoms with E-state index in [1.165, 1.54) is 23.1 Å². The molecule has 1 amide bonds. The summed E-state index contributed by atoms with van der Waals surface area (Å²) in [6.45, 7) is 0.874. The number of hydrogen-bond donors (Lipinski definition) is 2. The van der Waals surface area contributed by atoms with Gasteiger partial charge in [0.05, 0.1) is 0 Å². The number of aliphatic hydroxyl groups is 1. The number of nitrogens with zero attached hydrogens (tertiary/aromatic N) is 1. The SMILES string of the molecule is O=C1N(Cc2ccc(F)c(F)c2)CCCC1(O)CNCc1cccc(F)c1. The molecule has 3 rings (SSSR count). The molecule has 1 aliphatic rings. The lowest BCUT2D eigenvalue weighted by Crippen LogP contribution is -2.57.